The molecule has 136 valence electrons. The Morgan fingerprint density at radius 1 is 0.417 bits per heavy atom. The second-order valence-electron chi connectivity index (χ2n) is 9.77. The average molecular weight is 329 g/mol. The van der Waals surface area contributed by atoms with Gasteiger partial charge in [-0.05, 0) is 106 Å². The van der Waals surface area contributed by atoms with Gasteiger partial charge in [0.2, 0.25) is 0 Å². The van der Waals surface area contributed by atoms with Gasteiger partial charge in [-0.3, -0.25) is 0 Å². The maximum absolute atomic E-state index is 2.57. The Morgan fingerprint density at radius 3 is 1.42 bits per heavy atom. The molecule has 0 nitrogen and oxygen atoms in total. The van der Waals surface area contributed by atoms with Crippen molar-refractivity contribution in [3.05, 3.63) is 12.2 Å². The molecule has 0 saturated heterocycles. The van der Waals surface area contributed by atoms with Crippen LogP contribution >= 0.6 is 0 Å². The average Bonchev–Trinajstić information content (AvgIpc) is 2.70. The first-order valence-electron chi connectivity index (χ1n) is 11.6. The van der Waals surface area contributed by atoms with Crippen LogP contribution in [0.3, 0.4) is 0 Å². The van der Waals surface area contributed by atoms with E-state index in [1.54, 1.807) is 64.2 Å². The van der Waals surface area contributed by atoms with E-state index in [4.69, 9.17) is 0 Å². The lowest BCUT2D eigenvalue weighted by Crippen LogP contribution is -2.30. The molecule has 24 heavy (non-hydrogen) atoms. The quantitative estimate of drug-likeness (QED) is 0.469. The fourth-order valence-electron chi connectivity index (χ4n) is 6.97. The zero-order valence-corrected chi connectivity index (χ0v) is 15.9. The minimum absolute atomic E-state index is 0.946. The smallest absolute Gasteiger partial charge is 0.0205 e. The first-order chi connectivity index (χ1) is 11.9. The Balaban J connectivity index is 1.21. The summed E-state index contributed by atoms with van der Waals surface area (Å²) in [5.41, 5.74) is 0. The highest BCUT2D eigenvalue weighted by Gasteiger charge is 2.34. The van der Waals surface area contributed by atoms with E-state index >= 15 is 0 Å². The topological polar surface area (TPSA) is 0 Å². The van der Waals surface area contributed by atoms with Crippen molar-refractivity contribution in [3.63, 3.8) is 0 Å². The Bertz CT molecular complexity index is 386. The minimum Gasteiger partial charge on any atom is -0.0882 e. The molecule has 4 aliphatic carbocycles. The molecule has 0 spiro atoms. The number of hydrogen-bond donors (Lipinski definition) is 0. The van der Waals surface area contributed by atoms with Gasteiger partial charge in [-0.1, -0.05) is 44.3 Å². The van der Waals surface area contributed by atoms with Gasteiger partial charge in [-0.15, -0.1) is 0 Å². The van der Waals surface area contributed by atoms with Crippen LogP contribution in [0.25, 0.3) is 0 Å². The highest BCUT2D eigenvalue weighted by Crippen LogP contribution is 2.46. The van der Waals surface area contributed by atoms with Crippen molar-refractivity contribution in [2.45, 2.75) is 103 Å². The molecular weight excluding hydrogens is 288 g/mol. The van der Waals surface area contributed by atoms with Gasteiger partial charge in [-0.25, -0.2) is 0 Å². The monoisotopic (exact) mass is 328 g/mol. The van der Waals surface area contributed by atoms with Crippen LogP contribution < -0.4 is 0 Å². The molecule has 0 radical (unpaired) electrons. The molecule has 0 aromatic carbocycles. The van der Waals surface area contributed by atoms with Gasteiger partial charge in [0.1, 0.15) is 0 Å². The van der Waals surface area contributed by atoms with E-state index in [2.05, 4.69) is 12.2 Å². The molecule has 3 saturated carbocycles. The summed E-state index contributed by atoms with van der Waals surface area (Å²) in [7, 11) is 0. The number of rotatable bonds is 3. The Morgan fingerprint density at radius 2 is 0.917 bits per heavy atom. The Kier molecular flexibility index (Phi) is 6.02. The first kappa shape index (κ1) is 17.2. The van der Waals surface area contributed by atoms with Crippen molar-refractivity contribution < 1.29 is 0 Å². The lowest BCUT2D eigenvalue weighted by molar-refractivity contribution is 0.105. The summed E-state index contributed by atoms with van der Waals surface area (Å²) in [4.78, 5) is 0. The van der Waals surface area contributed by atoms with Crippen molar-refractivity contribution in [2.75, 3.05) is 0 Å². The zero-order chi connectivity index (χ0) is 16.2. The SMILES string of the molecule is C1=CC(C2CCC(C3CCC(C4CCCCC4)CC3)CC2)CCC1. The third-order valence-electron chi connectivity index (χ3n) is 8.51. The molecular formula is C24H40. The summed E-state index contributed by atoms with van der Waals surface area (Å²) in [5.74, 6) is 6.42. The van der Waals surface area contributed by atoms with E-state index in [0.717, 1.165) is 35.5 Å². The van der Waals surface area contributed by atoms with E-state index in [-0.39, 0.29) is 0 Å². The molecule has 0 amide bonds. The van der Waals surface area contributed by atoms with Crippen LogP contribution in [-0.2, 0) is 0 Å². The normalized spacial score (nSPS) is 42.1. The van der Waals surface area contributed by atoms with Crippen molar-refractivity contribution in [1.82, 2.24) is 0 Å². The summed E-state index contributed by atoms with van der Waals surface area (Å²) >= 11 is 0. The van der Waals surface area contributed by atoms with Gasteiger partial charge >= 0.3 is 0 Å². The van der Waals surface area contributed by atoms with Crippen molar-refractivity contribution in [2.24, 2.45) is 35.5 Å². The largest absolute Gasteiger partial charge is 0.0882 e. The fraction of sp³-hybridized carbons (Fsp3) is 0.917. The molecule has 0 heteroatoms. The zero-order valence-electron chi connectivity index (χ0n) is 15.9. The van der Waals surface area contributed by atoms with Crippen LogP contribution in [0, 0.1) is 35.5 Å². The molecule has 1 atom stereocenters. The van der Waals surface area contributed by atoms with Crippen molar-refractivity contribution in [1.29, 1.82) is 0 Å². The van der Waals surface area contributed by atoms with Gasteiger partial charge in [-0.2, -0.15) is 0 Å². The van der Waals surface area contributed by atoms with Gasteiger partial charge in [0.15, 0.2) is 0 Å². The summed E-state index contributed by atoms with van der Waals surface area (Å²) in [5, 5.41) is 0. The van der Waals surface area contributed by atoms with E-state index in [1.807, 2.05) is 0 Å². The molecule has 0 bridgehead atoms. The highest BCUT2D eigenvalue weighted by molar-refractivity contribution is 4.97. The van der Waals surface area contributed by atoms with Crippen LogP contribution in [0.1, 0.15) is 103 Å². The third kappa shape index (κ3) is 4.10. The van der Waals surface area contributed by atoms with E-state index in [0.29, 0.717) is 0 Å². The van der Waals surface area contributed by atoms with Crippen LogP contribution in [0.5, 0.6) is 0 Å². The molecule has 0 aliphatic heterocycles. The van der Waals surface area contributed by atoms with Crippen LogP contribution in [0.15, 0.2) is 12.2 Å². The Labute approximate surface area is 150 Å². The second kappa shape index (κ2) is 8.41. The molecule has 0 N–H and O–H groups in total. The molecule has 4 rings (SSSR count). The molecule has 0 aromatic heterocycles. The van der Waals surface area contributed by atoms with Crippen molar-refractivity contribution in [3.8, 4) is 0 Å². The van der Waals surface area contributed by atoms with Gasteiger partial charge in [0.25, 0.3) is 0 Å². The van der Waals surface area contributed by atoms with Gasteiger partial charge < -0.3 is 0 Å². The standard InChI is InChI=1S/C24H40/c1-3-7-19(8-4-1)21-11-15-23(16-12-21)24-17-13-22(14-18-24)20-9-5-2-6-10-20/h3,7,19-24H,1-2,4-6,8-18H2. The van der Waals surface area contributed by atoms with E-state index in [9.17, 15) is 0 Å². The van der Waals surface area contributed by atoms with E-state index < -0.39 is 0 Å². The summed E-state index contributed by atoms with van der Waals surface area (Å²) in [6.45, 7) is 0. The Hall–Kier alpha value is -0.260. The molecule has 0 heterocycles. The highest BCUT2D eigenvalue weighted by atomic mass is 14.4. The summed E-state index contributed by atoms with van der Waals surface area (Å²) in [6, 6.07) is 0. The lowest BCUT2D eigenvalue weighted by Gasteiger charge is -2.41. The van der Waals surface area contributed by atoms with E-state index in [1.165, 1.54) is 38.5 Å². The van der Waals surface area contributed by atoms with Crippen LogP contribution in [-0.4, -0.2) is 0 Å². The maximum atomic E-state index is 2.57. The lowest BCUT2D eigenvalue weighted by atomic mass is 9.64. The molecule has 0 aromatic rings. The molecule has 3 fully saturated rings. The third-order valence-corrected chi connectivity index (χ3v) is 8.51. The summed E-state index contributed by atoms with van der Waals surface area (Å²) < 4.78 is 0. The predicted octanol–water partition coefficient (Wildman–Crippen LogP) is 7.54. The number of allylic oxidation sites excluding steroid dienone is 2. The second-order valence-corrected chi connectivity index (χ2v) is 9.77. The van der Waals surface area contributed by atoms with Crippen LogP contribution in [0.2, 0.25) is 0 Å². The maximum Gasteiger partial charge on any atom is -0.0205 e. The first-order valence-corrected chi connectivity index (χ1v) is 11.6. The van der Waals surface area contributed by atoms with Crippen molar-refractivity contribution >= 4 is 0 Å². The summed E-state index contributed by atoms with van der Waals surface area (Å²) in [6.07, 6.45) is 29.6. The fourth-order valence-corrected chi connectivity index (χ4v) is 6.97. The molecule has 1 unspecified atom stereocenters. The molecule has 4 aliphatic rings. The number of hydrogen-bond acceptors (Lipinski definition) is 0. The minimum atomic E-state index is 0.946. The van der Waals surface area contributed by atoms with Gasteiger partial charge in [0, 0.05) is 0 Å². The van der Waals surface area contributed by atoms with Gasteiger partial charge in [0.05, 0.1) is 0 Å². The van der Waals surface area contributed by atoms with Crippen LogP contribution in [0.4, 0.5) is 0 Å². The predicted molar refractivity (Wildman–Crippen MR) is 104 cm³/mol.